The van der Waals surface area contributed by atoms with Gasteiger partial charge in [0.05, 0.1) is 5.03 Å². The number of phenolic OH excluding ortho intramolecular Hbond substituents is 1. The Hall–Kier alpha value is -2.39. The molecule has 2 aromatic carbocycles. The first-order valence-corrected chi connectivity index (χ1v) is 13.4. The maximum Gasteiger partial charge on any atom is 0.123 e. The fourth-order valence-electron chi connectivity index (χ4n) is 2.12. The van der Waals surface area contributed by atoms with Crippen molar-refractivity contribution in [2.45, 2.75) is 89.6 Å². The maximum atomic E-state index is 9.37. The van der Waals surface area contributed by atoms with Crippen LogP contribution in [0.25, 0.3) is 5.57 Å². The second-order valence-electron chi connectivity index (χ2n) is 6.06. The van der Waals surface area contributed by atoms with Gasteiger partial charge in [0, 0.05) is 12.1 Å². The monoisotopic (exact) mass is 487 g/mol. The predicted molar refractivity (Wildman–Crippen MR) is 162 cm³/mol. The number of thioether (sulfide) groups is 1. The van der Waals surface area contributed by atoms with Crippen molar-refractivity contribution in [2.75, 3.05) is 0 Å². The van der Waals surface area contributed by atoms with E-state index in [1.165, 1.54) is 11.1 Å². The highest BCUT2D eigenvalue weighted by Crippen LogP contribution is 2.23. The van der Waals surface area contributed by atoms with Crippen LogP contribution >= 0.6 is 11.8 Å². The molecule has 0 aliphatic rings. The fraction of sp³-hybridized carbons (Fsp3) is 0.419. The Morgan fingerprint density at radius 2 is 1.32 bits per heavy atom. The van der Waals surface area contributed by atoms with Gasteiger partial charge in [-0.05, 0) is 49.8 Å². The second kappa shape index (κ2) is 28.6. The van der Waals surface area contributed by atoms with Crippen LogP contribution < -0.4 is 5.32 Å². The largest absolute Gasteiger partial charge is 0.507 e. The molecule has 0 saturated heterocycles. The summed E-state index contributed by atoms with van der Waals surface area (Å²) in [6.45, 7) is 32.6. The molecule has 0 spiro atoms. The quantitative estimate of drug-likeness (QED) is 0.425. The van der Waals surface area contributed by atoms with E-state index in [0.717, 1.165) is 27.6 Å². The molecule has 0 bridgehead atoms. The number of nitrogens with one attached hydrogen (secondary N) is 1. The number of hydrogen-bond donors (Lipinski definition) is 2. The summed E-state index contributed by atoms with van der Waals surface area (Å²) in [6, 6.07) is 15.8. The van der Waals surface area contributed by atoms with E-state index in [1.807, 2.05) is 100 Å². The summed E-state index contributed by atoms with van der Waals surface area (Å²) < 4.78 is 0. The van der Waals surface area contributed by atoms with Gasteiger partial charge in [-0.1, -0.05) is 134 Å². The molecular formula is C31H53NOS. The van der Waals surface area contributed by atoms with Crippen molar-refractivity contribution in [3.05, 3.63) is 94.4 Å². The number of aromatic hydroxyl groups is 1. The molecule has 0 aliphatic heterocycles. The lowest BCUT2D eigenvalue weighted by Crippen LogP contribution is -2.09. The lowest BCUT2D eigenvalue weighted by molar-refractivity contribution is 0.473. The van der Waals surface area contributed by atoms with Gasteiger partial charge < -0.3 is 10.4 Å². The van der Waals surface area contributed by atoms with Crippen LogP contribution in [0, 0.1) is 6.92 Å². The van der Waals surface area contributed by atoms with E-state index < -0.39 is 0 Å². The Kier molecular flexibility index (Phi) is 32.7. The van der Waals surface area contributed by atoms with Gasteiger partial charge in [0.1, 0.15) is 5.75 Å². The van der Waals surface area contributed by atoms with Crippen LogP contribution in [0.4, 0.5) is 0 Å². The van der Waals surface area contributed by atoms with Gasteiger partial charge in [-0.2, -0.15) is 0 Å². The summed E-state index contributed by atoms with van der Waals surface area (Å²) in [5, 5.41) is 13.6. The van der Waals surface area contributed by atoms with Gasteiger partial charge in [0.25, 0.3) is 0 Å². The van der Waals surface area contributed by atoms with Gasteiger partial charge >= 0.3 is 0 Å². The second-order valence-corrected chi connectivity index (χ2v) is 7.45. The average molecular weight is 488 g/mol. The normalized spacial score (nSPS) is 8.76. The van der Waals surface area contributed by atoms with Crippen LogP contribution in [-0.2, 0) is 6.54 Å². The van der Waals surface area contributed by atoms with Crippen molar-refractivity contribution in [1.29, 1.82) is 0 Å². The highest BCUT2D eigenvalue weighted by atomic mass is 32.2. The first-order valence-electron chi connectivity index (χ1n) is 12.6. The summed E-state index contributed by atoms with van der Waals surface area (Å²) >= 11 is 1.58. The van der Waals surface area contributed by atoms with Crippen molar-refractivity contribution in [2.24, 2.45) is 0 Å². The fourth-order valence-corrected chi connectivity index (χ4v) is 2.68. The Labute approximate surface area is 217 Å². The lowest BCUT2D eigenvalue weighted by atomic mass is 10.1. The van der Waals surface area contributed by atoms with Crippen LogP contribution in [0.2, 0.25) is 0 Å². The molecule has 0 amide bonds. The Balaban J connectivity index is -0.000000209. The molecule has 2 rings (SSSR count). The summed E-state index contributed by atoms with van der Waals surface area (Å²) in [5.74, 6) is 0.350. The SMILES string of the molecule is C/C=C(\C)c1ccccc1O.C=C(C)SC(=C)NCc1ccc(C)cc1.CC.CC.CC.CC. The first-order chi connectivity index (χ1) is 16.3. The first kappa shape index (κ1) is 38.9. The van der Waals surface area contributed by atoms with E-state index >= 15 is 0 Å². The molecule has 0 atom stereocenters. The number of aryl methyl sites for hydroxylation is 1. The molecule has 0 saturated carbocycles. The van der Waals surface area contributed by atoms with Gasteiger partial charge in [-0.15, -0.1) is 0 Å². The van der Waals surface area contributed by atoms with Crippen molar-refractivity contribution in [3.63, 3.8) is 0 Å². The van der Waals surface area contributed by atoms with Crippen LogP contribution in [0.5, 0.6) is 5.75 Å². The van der Waals surface area contributed by atoms with Crippen LogP contribution in [0.15, 0.2) is 77.7 Å². The topological polar surface area (TPSA) is 32.3 Å². The number of benzene rings is 2. The molecule has 2 N–H and O–H groups in total. The van der Waals surface area contributed by atoms with Crippen LogP contribution in [0.3, 0.4) is 0 Å². The zero-order valence-corrected chi connectivity index (χ0v) is 25.0. The lowest BCUT2D eigenvalue weighted by Gasteiger charge is -2.08. The van der Waals surface area contributed by atoms with Crippen molar-refractivity contribution >= 4 is 17.3 Å². The van der Waals surface area contributed by atoms with E-state index in [1.54, 1.807) is 17.8 Å². The summed E-state index contributed by atoms with van der Waals surface area (Å²) in [7, 11) is 0. The third-order valence-corrected chi connectivity index (χ3v) is 4.41. The van der Waals surface area contributed by atoms with Gasteiger partial charge in [0.15, 0.2) is 0 Å². The Morgan fingerprint density at radius 1 is 0.853 bits per heavy atom. The third-order valence-electron chi connectivity index (χ3n) is 3.67. The highest BCUT2D eigenvalue weighted by Gasteiger charge is 1.98. The van der Waals surface area contributed by atoms with E-state index in [9.17, 15) is 5.11 Å². The Morgan fingerprint density at radius 3 is 1.74 bits per heavy atom. The molecule has 0 aromatic heterocycles. The van der Waals surface area contributed by atoms with Crippen LogP contribution in [0.1, 0.15) is 92.9 Å². The van der Waals surface area contributed by atoms with Crippen molar-refractivity contribution in [1.82, 2.24) is 5.32 Å². The van der Waals surface area contributed by atoms with Crippen molar-refractivity contribution < 1.29 is 5.11 Å². The molecule has 194 valence electrons. The van der Waals surface area contributed by atoms with E-state index in [-0.39, 0.29) is 0 Å². The van der Waals surface area contributed by atoms with Crippen molar-refractivity contribution in [3.8, 4) is 5.75 Å². The highest BCUT2D eigenvalue weighted by molar-refractivity contribution is 8.06. The standard InChI is InChI=1S/C13H17NS.C10H12O.4C2H6/c1-10(2)15-12(4)14-9-13-7-5-11(3)6-8-13;1-3-8(2)9-6-4-5-7-10(9)11;4*1-2/h5-8,14H,1,4,9H2,2-3H3;3-7,11H,1-2H3;4*1-2H3/b;8-3+;;;;. The molecule has 3 heteroatoms. The van der Waals surface area contributed by atoms with Crippen LogP contribution in [-0.4, -0.2) is 5.11 Å². The summed E-state index contributed by atoms with van der Waals surface area (Å²) in [4.78, 5) is 1.05. The molecule has 0 heterocycles. The number of phenols is 1. The zero-order chi connectivity index (χ0) is 27.5. The zero-order valence-electron chi connectivity index (χ0n) is 24.2. The molecule has 2 nitrogen and oxygen atoms in total. The predicted octanol–water partition coefficient (Wildman–Crippen LogP) is 10.7. The number of hydrogen-bond acceptors (Lipinski definition) is 3. The smallest absolute Gasteiger partial charge is 0.123 e. The molecule has 2 aromatic rings. The van der Waals surface area contributed by atoms with Gasteiger partial charge in [-0.3, -0.25) is 0 Å². The minimum atomic E-state index is 0.350. The summed E-state index contributed by atoms with van der Waals surface area (Å²) in [5.41, 5.74) is 4.57. The molecule has 34 heavy (non-hydrogen) atoms. The maximum absolute atomic E-state index is 9.37. The minimum absolute atomic E-state index is 0.350. The van der Waals surface area contributed by atoms with E-state index in [2.05, 4.69) is 49.7 Å². The molecule has 0 fully saturated rings. The molecule has 0 unspecified atom stereocenters. The average Bonchev–Trinajstić information content (AvgIpc) is 2.88. The third kappa shape index (κ3) is 21.5. The molecular weight excluding hydrogens is 434 g/mol. The number of rotatable bonds is 6. The molecule has 0 radical (unpaired) electrons. The number of para-hydroxylation sites is 1. The van der Waals surface area contributed by atoms with E-state index in [4.69, 9.17) is 0 Å². The number of allylic oxidation sites excluding steroid dienone is 3. The molecule has 0 aliphatic carbocycles. The van der Waals surface area contributed by atoms with E-state index in [0.29, 0.717) is 5.75 Å². The minimum Gasteiger partial charge on any atom is -0.507 e. The Bertz CT molecular complexity index is 761. The summed E-state index contributed by atoms with van der Waals surface area (Å²) in [6.07, 6.45) is 1.98. The van der Waals surface area contributed by atoms with Gasteiger partial charge in [0.2, 0.25) is 0 Å². The van der Waals surface area contributed by atoms with Gasteiger partial charge in [-0.25, -0.2) is 0 Å².